The van der Waals surface area contributed by atoms with E-state index in [1.165, 1.54) is 16.5 Å². The second-order valence-corrected chi connectivity index (χ2v) is 9.95. The van der Waals surface area contributed by atoms with Gasteiger partial charge in [0.25, 0.3) is 0 Å². The molecule has 4 aromatic rings. The molecule has 2 aliphatic rings. The number of carbonyl (C=O) groups excluding carboxylic acids is 1. The van der Waals surface area contributed by atoms with Gasteiger partial charge in [-0.25, -0.2) is 0 Å². The number of aromatic amines is 1. The van der Waals surface area contributed by atoms with Gasteiger partial charge in [0.05, 0.1) is 13.1 Å². The van der Waals surface area contributed by atoms with Crippen molar-refractivity contribution in [3.05, 3.63) is 107 Å². The van der Waals surface area contributed by atoms with Crippen LogP contribution < -0.4 is 10.8 Å². The number of rotatable bonds is 6. The topological polar surface area (TPSA) is 78.6 Å². The van der Waals surface area contributed by atoms with E-state index < -0.39 is 11.6 Å². The number of nitrogens with zero attached hydrogens (tertiary/aromatic N) is 1. The molecule has 2 aliphatic heterocycles. The van der Waals surface area contributed by atoms with Crippen LogP contribution in [0.1, 0.15) is 27.8 Å². The molecule has 0 unspecified atom stereocenters. The van der Waals surface area contributed by atoms with Gasteiger partial charge < -0.3 is 10.3 Å². The predicted molar refractivity (Wildman–Crippen MR) is 146 cm³/mol. The summed E-state index contributed by atoms with van der Waals surface area (Å²) in [6.45, 7) is 3.97. The van der Waals surface area contributed by atoms with Crippen molar-refractivity contribution in [2.75, 3.05) is 19.7 Å². The van der Waals surface area contributed by atoms with E-state index in [0.717, 1.165) is 28.6 Å². The molecule has 2 saturated heterocycles. The van der Waals surface area contributed by atoms with Crippen LogP contribution in [0.2, 0.25) is 0 Å². The molecule has 0 aliphatic carbocycles. The largest absolute Gasteiger partial charge is 0.361 e. The fraction of sp³-hybridized carbons (Fsp3) is 0.258. The molecule has 2 fully saturated rings. The molecule has 0 bridgehead atoms. The summed E-state index contributed by atoms with van der Waals surface area (Å²) >= 11 is 0. The molecule has 2 atom stereocenters. The lowest BCUT2D eigenvalue weighted by Gasteiger charge is -2.41. The molecule has 3 N–H and O–H groups in total. The molecule has 6 rings (SSSR count). The van der Waals surface area contributed by atoms with Crippen LogP contribution in [-0.4, -0.2) is 47.3 Å². The average molecular weight is 507 g/mol. The van der Waals surface area contributed by atoms with Crippen LogP contribution in [0.3, 0.4) is 0 Å². The number of para-hydroxylation sites is 1. The molecule has 7 heteroatoms. The maximum absolute atomic E-state index is 13.4. The Hall–Kier alpha value is -3.93. The van der Waals surface area contributed by atoms with Crippen molar-refractivity contribution in [1.82, 2.24) is 20.8 Å². The molecular formula is C31H30N4O3. The van der Waals surface area contributed by atoms with Crippen LogP contribution in [0.5, 0.6) is 0 Å². The summed E-state index contributed by atoms with van der Waals surface area (Å²) in [5.41, 5.74) is 8.63. The standard InChI is InChI=1S/C31H30N4O3/c1-22-6-8-23(9-7-22)10-11-24-12-14-25(15-13-24)19-35-29(31(21-37-35)20-34-38-31)30(36)32-17-16-26-18-33-28-5-3-2-4-27(26)28/h2-9,12-15,18,29,33-34H,16-17,19-21H2,1H3,(H,32,36)/t29-,31+/m1/s1. The van der Waals surface area contributed by atoms with Crippen molar-refractivity contribution < 1.29 is 14.5 Å². The van der Waals surface area contributed by atoms with E-state index in [-0.39, 0.29) is 5.91 Å². The number of H-pyrrole nitrogens is 1. The van der Waals surface area contributed by atoms with E-state index in [1.54, 1.807) is 5.06 Å². The molecule has 38 heavy (non-hydrogen) atoms. The number of hydrogen-bond donors (Lipinski definition) is 3. The first-order valence-electron chi connectivity index (χ1n) is 12.9. The highest BCUT2D eigenvalue weighted by Gasteiger charge is 2.58. The first kappa shape index (κ1) is 24.4. The fourth-order valence-corrected chi connectivity index (χ4v) is 5.02. The summed E-state index contributed by atoms with van der Waals surface area (Å²) in [7, 11) is 0. The molecule has 192 valence electrons. The summed E-state index contributed by atoms with van der Waals surface area (Å²) in [5, 5.41) is 6.04. The Morgan fingerprint density at radius 3 is 2.47 bits per heavy atom. The first-order valence-corrected chi connectivity index (χ1v) is 12.9. The van der Waals surface area contributed by atoms with Gasteiger partial charge in [-0.2, -0.15) is 10.5 Å². The quantitative estimate of drug-likeness (QED) is 0.348. The van der Waals surface area contributed by atoms with Crippen LogP contribution >= 0.6 is 0 Å². The molecule has 3 heterocycles. The van der Waals surface area contributed by atoms with Crippen molar-refractivity contribution in [1.29, 1.82) is 0 Å². The zero-order valence-electron chi connectivity index (χ0n) is 21.3. The van der Waals surface area contributed by atoms with E-state index >= 15 is 0 Å². The molecule has 0 radical (unpaired) electrons. The second kappa shape index (κ2) is 10.4. The van der Waals surface area contributed by atoms with Gasteiger partial charge in [0.2, 0.25) is 5.91 Å². The number of nitrogens with one attached hydrogen (secondary N) is 3. The number of benzene rings is 3. The highest BCUT2D eigenvalue weighted by atomic mass is 16.8. The molecule has 3 aromatic carbocycles. The minimum absolute atomic E-state index is 0.0931. The van der Waals surface area contributed by atoms with Crippen LogP contribution in [-0.2, 0) is 27.4 Å². The number of hydrogen-bond acceptors (Lipinski definition) is 5. The average Bonchev–Trinajstić information content (AvgIpc) is 3.51. The van der Waals surface area contributed by atoms with Crippen molar-refractivity contribution in [3.63, 3.8) is 0 Å². The van der Waals surface area contributed by atoms with Crippen LogP contribution in [0.15, 0.2) is 79.0 Å². The van der Waals surface area contributed by atoms with Gasteiger partial charge in [0, 0.05) is 34.8 Å². The number of aryl methyl sites for hydroxylation is 1. The molecule has 1 spiro atoms. The second-order valence-electron chi connectivity index (χ2n) is 9.95. The van der Waals surface area contributed by atoms with Crippen LogP contribution in [0, 0.1) is 18.8 Å². The number of amides is 1. The maximum Gasteiger partial charge on any atom is 0.243 e. The van der Waals surface area contributed by atoms with Gasteiger partial charge in [-0.3, -0.25) is 14.5 Å². The van der Waals surface area contributed by atoms with E-state index in [9.17, 15) is 4.79 Å². The Labute approximate surface area is 222 Å². The van der Waals surface area contributed by atoms with Gasteiger partial charge in [0.15, 0.2) is 5.60 Å². The third kappa shape index (κ3) is 4.95. The van der Waals surface area contributed by atoms with Gasteiger partial charge in [-0.05, 0) is 54.8 Å². The van der Waals surface area contributed by atoms with Crippen molar-refractivity contribution in [2.45, 2.75) is 31.5 Å². The highest BCUT2D eigenvalue weighted by molar-refractivity contribution is 5.84. The Morgan fingerprint density at radius 1 is 1.05 bits per heavy atom. The summed E-state index contributed by atoms with van der Waals surface area (Å²) in [6.07, 6.45) is 2.75. The van der Waals surface area contributed by atoms with Crippen molar-refractivity contribution in [3.8, 4) is 11.8 Å². The van der Waals surface area contributed by atoms with Gasteiger partial charge in [-0.1, -0.05) is 59.9 Å². The van der Waals surface area contributed by atoms with Crippen molar-refractivity contribution in [2.24, 2.45) is 0 Å². The Bertz CT molecular complexity index is 1490. The molecule has 7 nitrogen and oxygen atoms in total. The Morgan fingerprint density at radius 2 is 1.76 bits per heavy atom. The number of hydroxylamine groups is 3. The lowest BCUT2D eigenvalue weighted by molar-refractivity contribution is -0.209. The minimum Gasteiger partial charge on any atom is -0.361 e. The molecule has 0 saturated carbocycles. The summed E-state index contributed by atoms with van der Waals surface area (Å²) < 4.78 is 0. The summed E-state index contributed by atoms with van der Waals surface area (Å²) in [5.74, 6) is 6.33. The van der Waals surface area contributed by atoms with Gasteiger partial charge in [-0.15, -0.1) is 0 Å². The Kier molecular flexibility index (Phi) is 6.71. The summed E-state index contributed by atoms with van der Waals surface area (Å²) in [6, 6.07) is 23.9. The zero-order chi connectivity index (χ0) is 26.0. The van der Waals surface area contributed by atoms with Crippen molar-refractivity contribution >= 4 is 16.8 Å². The van der Waals surface area contributed by atoms with E-state index in [0.29, 0.717) is 26.2 Å². The van der Waals surface area contributed by atoms with Gasteiger partial charge in [0.1, 0.15) is 12.6 Å². The van der Waals surface area contributed by atoms with E-state index in [1.807, 2.05) is 54.7 Å². The van der Waals surface area contributed by atoms with Crippen LogP contribution in [0.4, 0.5) is 0 Å². The van der Waals surface area contributed by atoms with Gasteiger partial charge >= 0.3 is 0 Å². The lowest BCUT2D eigenvalue weighted by Crippen LogP contribution is -2.68. The molecular weight excluding hydrogens is 476 g/mol. The smallest absolute Gasteiger partial charge is 0.243 e. The monoisotopic (exact) mass is 506 g/mol. The summed E-state index contributed by atoms with van der Waals surface area (Å²) in [4.78, 5) is 28.3. The number of fused-ring (bicyclic) bond motifs is 1. The van der Waals surface area contributed by atoms with E-state index in [4.69, 9.17) is 9.68 Å². The maximum atomic E-state index is 13.4. The third-order valence-corrected chi connectivity index (χ3v) is 7.22. The zero-order valence-corrected chi connectivity index (χ0v) is 21.3. The SMILES string of the molecule is Cc1ccc(C#Cc2ccc(CN3OC[C@@]4(CNO4)[C@H]3C(=O)NCCc3c[nH]c4ccccc34)cc2)cc1. The minimum atomic E-state index is -0.676. The normalized spacial score (nSPS) is 20.7. The molecule has 1 aromatic heterocycles. The fourth-order valence-electron chi connectivity index (χ4n) is 5.02. The number of carbonyl (C=O) groups is 1. The lowest BCUT2D eigenvalue weighted by atomic mass is 9.92. The highest BCUT2D eigenvalue weighted by Crippen LogP contribution is 2.34. The first-order chi connectivity index (χ1) is 18.6. The predicted octanol–water partition coefficient (Wildman–Crippen LogP) is 3.62. The van der Waals surface area contributed by atoms with Crippen LogP contribution in [0.25, 0.3) is 10.9 Å². The molecule has 1 amide bonds. The Balaban J connectivity index is 1.10. The van der Waals surface area contributed by atoms with E-state index in [2.05, 4.69) is 58.8 Å². The third-order valence-electron chi connectivity index (χ3n) is 7.22. The number of aromatic nitrogens is 1.